The highest BCUT2D eigenvalue weighted by atomic mass is 32.2. The molecular formula is C7H9FN2O2S. The third-order valence-electron chi connectivity index (χ3n) is 1.97. The largest absolute Gasteiger partial charge is 0.377 e. The van der Waals surface area contributed by atoms with Gasteiger partial charge in [-0.3, -0.25) is 0 Å². The van der Waals surface area contributed by atoms with Gasteiger partial charge in [-0.15, -0.1) is 3.89 Å². The summed E-state index contributed by atoms with van der Waals surface area (Å²) in [5, 5.41) is 9.82. The van der Waals surface area contributed by atoms with Crippen LogP contribution in [-0.4, -0.2) is 27.3 Å². The number of hydrogen-bond donors (Lipinski definition) is 1. The Bertz CT molecular complexity index is 324. The van der Waals surface area contributed by atoms with Crippen molar-refractivity contribution >= 4 is 12.3 Å². The summed E-state index contributed by atoms with van der Waals surface area (Å²) in [5.74, 6) is 0.323. The van der Waals surface area contributed by atoms with Gasteiger partial charge in [0.1, 0.15) is 0 Å². The number of hydrogen-bond acceptors (Lipinski definition) is 4. The molecule has 1 N–H and O–H groups in total. The number of imidazole rings is 1. The van der Waals surface area contributed by atoms with E-state index in [2.05, 4.69) is 4.98 Å². The molecule has 0 aliphatic carbocycles. The van der Waals surface area contributed by atoms with Crippen molar-refractivity contribution in [3.05, 3.63) is 17.7 Å². The Hall–Kier alpha value is -0.590. The molecule has 6 heteroatoms. The van der Waals surface area contributed by atoms with E-state index in [4.69, 9.17) is 4.74 Å². The quantitative estimate of drug-likeness (QED) is 0.773. The van der Waals surface area contributed by atoms with Crippen LogP contribution in [0.1, 0.15) is 11.5 Å². The zero-order chi connectivity index (χ0) is 9.47. The lowest BCUT2D eigenvalue weighted by Gasteiger charge is -2.35. The van der Waals surface area contributed by atoms with Crippen LogP contribution in [0, 0.1) is 6.92 Å². The average molecular weight is 204 g/mol. The van der Waals surface area contributed by atoms with Crippen molar-refractivity contribution < 1.29 is 13.7 Å². The van der Waals surface area contributed by atoms with Crippen molar-refractivity contribution in [1.82, 2.24) is 8.96 Å². The van der Waals surface area contributed by atoms with Crippen molar-refractivity contribution in [1.29, 1.82) is 0 Å². The number of aryl methyl sites for hydroxylation is 1. The Morgan fingerprint density at radius 2 is 2.46 bits per heavy atom. The summed E-state index contributed by atoms with van der Waals surface area (Å²) in [6.45, 7) is 2.12. The molecule has 2 heterocycles. The van der Waals surface area contributed by atoms with Gasteiger partial charge in [-0.25, -0.2) is 8.96 Å². The molecule has 0 spiro atoms. The predicted molar refractivity (Wildman–Crippen MR) is 45.8 cm³/mol. The molecule has 13 heavy (non-hydrogen) atoms. The van der Waals surface area contributed by atoms with Crippen LogP contribution in [0.4, 0.5) is 3.89 Å². The fourth-order valence-corrected chi connectivity index (χ4v) is 1.73. The minimum absolute atomic E-state index is 0.0310. The second kappa shape index (κ2) is 2.97. The van der Waals surface area contributed by atoms with Crippen LogP contribution in [0.25, 0.3) is 0 Å². The van der Waals surface area contributed by atoms with Gasteiger partial charge in [0.25, 0.3) is 0 Å². The molecule has 1 aromatic heterocycles. The highest BCUT2D eigenvalue weighted by Crippen LogP contribution is 2.30. The summed E-state index contributed by atoms with van der Waals surface area (Å²) in [5.41, 5.74) is -0.423. The maximum atomic E-state index is 12.4. The number of nitrogens with zero attached hydrogens (tertiary/aromatic N) is 2. The third-order valence-corrected chi connectivity index (χ3v) is 2.39. The standard InChI is InChI=1S/C7H9FN2O2S/c1-5-2-10(13-8)6(9-5)7(11)3-12-4-7/h2,11H,3-4H2,1H3. The van der Waals surface area contributed by atoms with Gasteiger partial charge in [-0.2, -0.15) is 0 Å². The normalized spacial score (nSPS) is 19.9. The van der Waals surface area contributed by atoms with E-state index in [0.29, 0.717) is 11.5 Å². The predicted octanol–water partition coefficient (Wildman–Crippen LogP) is 0.790. The maximum Gasteiger partial charge on any atom is 0.170 e. The minimum atomic E-state index is -1.10. The van der Waals surface area contributed by atoms with Gasteiger partial charge in [-0.1, -0.05) is 0 Å². The van der Waals surface area contributed by atoms with Crippen LogP contribution in [0.3, 0.4) is 0 Å². The van der Waals surface area contributed by atoms with Gasteiger partial charge in [-0.05, 0) is 6.92 Å². The van der Waals surface area contributed by atoms with Crippen molar-refractivity contribution in [2.45, 2.75) is 12.5 Å². The SMILES string of the molecule is Cc1cn(SF)c(C2(O)COC2)n1. The number of aliphatic hydroxyl groups is 1. The average Bonchev–Trinajstić information content (AvgIpc) is 2.42. The van der Waals surface area contributed by atoms with Crippen molar-refractivity contribution in [2.24, 2.45) is 0 Å². The van der Waals surface area contributed by atoms with Gasteiger partial charge in [0, 0.05) is 6.20 Å². The lowest BCUT2D eigenvalue weighted by atomic mass is 10.0. The molecule has 4 nitrogen and oxygen atoms in total. The summed E-state index contributed by atoms with van der Waals surface area (Å²) in [7, 11) is 0. The fourth-order valence-electron chi connectivity index (χ4n) is 1.26. The van der Waals surface area contributed by atoms with Crippen molar-refractivity contribution in [3.63, 3.8) is 0 Å². The Balaban J connectivity index is 2.37. The lowest BCUT2D eigenvalue weighted by molar-refractivity contribution is -0.189. The van der Waals surface area contributed by atoms with E-state index in [1.54, 1.807) is 6.92 Å². The summed E-state index contributed by atoms with van der Waals surface area (Å²) >= 11 is 0.0310. The molecule has 0 bridgehead atoms. The topological polar surface area (TPSA) is 47.3 Å². The lowest BCUT2D eigenvalue weighted by Crippen LogP contribution is -2.48. The molecule has 72 valence electrons. The van der Waals surface area contributed by atoms with E-state index in [-0.39, 0.29) is 25.5 Å². The molecule has 1 fully saturated rings. The van der Waals surface area contributed by atoms with Gasteiger partial charge in [0.2, 0.25) is 0 Å². The molecule has 1 aliphatic rings. The molecule has 0 unspecified atom stereocenters. The molecule has 2 rings (SSSR count). The zero-order valence-electron chi connectivity index (χ0n) is 7.03. The smallest absolute Gasteiger partial charge is 0.170 e. The molecule has 0 radical (unpaired) electrons. The Labute approximate surface area is 79.2 Å². The van der Waals surface area contributed by atoms with E-state index >= 15 is 0 Å². The Morgan fingerprint density at radius 3 is 2.92 bits per heavy atom. The first-order chi connectivity index (χ1) is 6.15. The van der Waals surface area contributed by atoms with Crippen molar-refractivity contribution in [3.8, 4) is 0 Å². The van der Waals surface area contributed by atoms with Crippen LogP contribution in [-0.2, 0) is 10.3 Å². The zero-order valence-corrected chi connectivity index (χ0v) is 7.84. The van der Waals surface area contributed by atoms with Crippen LogP contribution >= 0.6 is 12.3 Å². The third kappa shape index (κ3) is 1.34. The van der Waals surface area contributed by atoms with Crippen molar-refractivity contribution in [2.75, 3.05) is 13.2 Å². The summed E-state index contributed by atoms with van der Waals surface area (Å²) in [6.07, 6.45) is 1.54. The highest BCUT2D eigenvalue weighted by Gasteiger charge is 2.42. The summed E-state index contributed by atoms with van der Waals surface area (Å²) in [4.78, 5) is 4.05. The van der Waals surface area contributed by atoms with E-state index in [9.17, 15) is 8.99 Å². The first-order valence-corrected chi connectivity index (χ1v) is 4.49. The second-order valence-electron chi connectivity index (χ2n) is 3.13. The number of aromatic nitrogens is 2. The molecule has 1 aliphatic heterocycles. The van der Waals surface area contributed by atoms with Gasteiger partial charge >= 0.3 is 0 Å². The van der Waals surface area contributed by atoms with Gasteiger partial charge in [0.15, 0.2) is 23.8 Å². The Kier molecular flexibility index (Phi) is 2.05. The highest BCUT2D eigenvalue weighted by molar-refractivity contribution is 7.92. The van der Waals surface area contributed by atoms with E-state index < -0.39 is 5.60 Å². The fraction of sp³-hybridized carbons (Fsp3) is 0.571. The second-order valence-corrected chi connectivity index (χ2v) is 3.66. The van der Waals surface area contributed by atoms with Gasteiger partial charge in [0.05, 0.1) is 18.9 Å². The molecule has 0 atom stereocenters. The molecule has 0 amide bonds. The maximum absolute atomic E-state index is 12.4. The first kappa shape index (κ1) is 8.98. The first-order valence-electron chi connectivity index (χ1n) is 3.81. The molecule has 1 saturated heterocycles. The van der Waals surface area contributed by atoms with Crippen LogP contribution in [0.15, 0.2) is 6.20 Å². The summed E-state index contributed by atoms with van der Waals surface area (Å²) < 4.78 is 18.5. The van der Waals surface area contributed by atoms with Crippen LogP contribution in [0.2, 0.25) is 0 Å². The Morgan fingerprint density at radius 1 is 1.77 bits per heavy atom. The monoisotopic (exact) mass is 204 g/mol. The molecule has 1 aromatic rings. The van der Waals surface area contributed by atoms with Crippen LogP contribution < -0.4 is 0 Å². The van der Waals surface area contributed by atoms with E-state index in [0.717, 1.165) is 0 Å². The van der Waals surface area contributed by atoms with E-state index in [1.165, 1.54) is 10.2 Å². The molecule has 0 saturated carbocycles. The van der Waals surface area contributed by atoms with E-state index in [1.807, 2.05) is 0 Å². The number of ether oxygens (including phenoxy) is 1. The number of rotatable bonds is 2. The molecular weight excluding hydrogens is 195 g/mol. The number of halogens is 1. The summed E-state index contributed by atoms with van der Waals surface area (Å²) in [6, 6.07) is 0. The molecule has 0 aromatic carbocycles. The minimum Gasteiger partial charge on any atom is -0.377 e. The van der Waals surface area contributed by atoms with Gasteiger partial charge < -0.3 is 9.84 Å². The van der Waals surface area contributed by atoms with Crippen LogP contribution in [0.5, 0.6) is 0 Å².